The highest BCUT2D eigenvalue weighted by Crippen LogP contribution is 2.29. The molecule has 0 aliphatic rings. The molecule has 0 aliphatic carbocycles. The van der Waals surface area contributed by atoms with Gasteiger partial charge in [-0.15, -0.1) is 0 Å². The molecule has 3 rings (SSSR count). The molecule has 0 bridgehead atoms. The van der Waals surface area contributed by atoms with Crippen LogP contribution in [0.15, 0.2) is 42.6 Å². The van der Waals surface area contributed by atoms with Gasteiger partial charge < -0.3 is 0 Å². The van der Waals surface area contributed by atoms with Crippen molar-refractivity contribution in [1.82, 2.24) is 9.55 Å². The smallest absolute Gasteiger partial charge is 0.172 e. The Labute approximate surface area is 127 Å². The monoisotopic (exact) mass is 320 g/mol. The lowest BCUT2D eigenvalue weighted by molar-refractivity contribution is 0.111. The van der Waals surface area contributed by atoms with Crippen molar-refractivity contribution in [3.05, 3.63) is 71.6 Å². The first-order valence-electron chi connectivity index (χ1n) is 6.45. The van der Waals surface area contributed by atoms with Crippen LogP contribution < -0.4 is 0 Å². The number of carbonyl (C=O) groups is 1. The molecule has 116 valence electrons. The van der Waals surface area contributed by atoms with E-state index in [9.17, 15) is 22.4 Å². The van der Waals surface area contributed by atoms with E-state index in [0.29, 0.717) is 12.4 Å². The number of carbonyl (C=O) groups excluding carboxylic acids is 1. The molecule has 0 atom stereocenters. The first-order valence-corrected chi connectivity index (χ1v) is 6.45. The fourth-order valence-electron chi connectivity index (χ4n) is 2.22. The molecule has 0 amide bonds. The van der Waals surface area contributed by atoms with Crippen molar-refractivity contribution >= 4 is 6.29 Å². The lowest BCUT2D eigenvalue weighted by atomic mass is 10.1. The highest BCUT2D eigenvalue weighted by molar-refractivity contribution is 5.76. The molecule has 0 fully saturated rings. The molecule has 7 heteroatoms. The Morgan fingerprint density at radius 1 is 0.913 bits per heavy atom. The molecular weight excluding hydrogens is 312 g/mol. The highest BCUT2D eigenvalue weighted by Gasteiger charge is 2.22. The summed E-state index contributed by atoms with van der Waals surface area (Å²) in [5.74, 6) is -4.52. The Hall–Kier alpha value is -2.96. The minimum Gasteiger partial charge on any atom is -0.296 e. The van der Waals surface area contributed by atoms with E-state index in [2.05, 4.69) is 4.98 Å². The van der Waals surface area contributed by atoms with Crippen molar-refractivity contribution in [2.24, 2.45) is 0 Å². The van der Waals surface area contributed by atoms with Crippen molar-refractivity contribution in [2.45, 2.75) is 0 Å². The van der Waals surface area contributed by atoms with E-state index < -0.39 is 28.8 Å². The van der Waals surface area contributed by atoms with E-state index in [0.717, 1.165) is 29.0 Å². The van der Waals surface area contributed by atoms with Gasteiger partial charge in [0.25, 0.3) is 0 Å². The van der Waals surface area contributed by atoms with Crippen molar-refractivity contribution in [1.29, 1.82) is 0 Å². The van der Waals surface area contributed by atoms with Gasteiger partial charge in [-0.2, -0.15) is 0 Å². The highest BCUT2D eigenvalue weighted by atomic mass is 19.2. The van der Waals surface area contributed by atoms with Gasteiger partial charge in [-0.05, 0) is 36.4 Å². The molecule has 0 unspecified atom stereocenters. The van der Waals surface area contributed by atoms with Gasteiger partial charge in [0.2, 0.25) is 0 Å². The van der Waals surface area contributed by atoms with E-state index in [-0.39, 0.29) is 17.2 Å². The zero-order valence-corrected chi connectivity index (χ0v) is 11.4. The first kappa shape index (κ1) is 15.0. The van der Waals surface area contributed by atoms with E-state index in [1.807, 2.05) is 0 Å². The third kappa shape index (κ3) is 2.50. The zero-order chi connectivity index (χ0) is 16.6. The maximum atomic E-state index is 14.0. The number of benzene rings is 2. The van der Waals surface area contributed by atoms with Crippen molar-refractivity contribution in [2.75, 3.05) is 0 Å². The minimum atomic E-state index is -1.42. The van der Waals surface area contributed by atoms with Crippen LogP contribution in [0.2, 0.25) is 0 Å². The van der Waals surface area contributed by atoms with Crippen LogP contribution in [0.4, 0.5) is 17.6 Å². The predicted octanol–water partition coefficient (Wildman–Crippen LogP) is 3.91. The van der Waals surface area contributed by atoms with Gasteiger partial charge in [0.1, 0.15) is 17.3 Å². The maximum absolute atomic E-state index is 14.0. The molecule has 1 aromatic heterocycles. The van der Waals surface area contributed by atoms with Gasteiger partial charge in [-0.1, -0.05) is 0 Å². The maximum Gasteiger partial charge on any atom is 0.172 e. The van der Waals surface area contributed by atoms with Gasteiger partial charge in [0.05, 0.1) is 11.8 Å². The van der Waals surface area contributed by atoms with Gasteiger partial charge >= 0.3 is 0 Å². The molecule has 1 heterocycles. The average Bonchev–Trinajstić information content (AvgIpc) is 2.96. The largest absolute Gasteiger partial charge is 0.296 e. The number of aldehydes is 1. The molecule has 3 aromatic rings. The number of hydrogen-bond donors (Lipinski definition) is 0. The van der Waals surface area contributed by atoms with Crippen LogP contribution in [-0.2, 0) is 0 Å². The van der Waals surface area contributed by atoms with Gasteiger partial charge in [0.15, 0.2) is 23.7 Å². The minimum absolute atomic E-state index is 0.0188. The van der Waals surface area contributed by atoms with E-state index in [1.54, 1.807) is 0 Å². The van der Waals surface area contributed by atoms with E-state index in [1.165, 1.54) is 12.1 Å². The summed E-state index contributed by atoms with van der Waals surface area (Å²) in [5, 5.41) is 0. The number of aromatic nitrogens is 2. The molecule has 0 saturated heterocycles. The fraction of sp³-hybridized carbons (Fsp3) is 0. The van der Waals surface area contributed by atoms with Crippen LogP contribution in [0.5, 0.6) is 0 Å². The first-order chi connectivity index (χ1) is 11.0. The lowest BCUT2D eigenvalue weighted by Gasteiger charge is -2.11. The van der Waals surface area contributed by atoms with Crippen LogP contribution in [-0.4, -0.2) is 15.8 Å². The summed E-state index contributed by atoms with van der Waals surface area (Å²) < 4.78 is 55.6. The SMILES string of the molecule is O=Cc1cnc(-c2c(F)ccc(F)c2F)n1-c1ccc(F)cc1. The molecule has 0 saturated carbocycles. The van der Waals surface area contributed by atoms with Crippen LogP contribution in [0, 0.1) is 23.3 Å². The molecule has 2 aromatic carbocycles. The molecule has 0 radical (unpaired) electrons. The fourth-order valence-corrected chi connectivity index (χ4v) is 2.22. The number of nitrogens with zero attached hydrogens (tertiary/aromatic N) is 2. The summed E-state index contributed by atoms with van der Waals surface area (Å²) >= 11 is 0. The third-order valence-corrected chi connectivity index (χ3v) is 3.26. The molecule has 3 nitrogen and oxygen atoms in total. The van der Waals surface area contributed by atoms with Gasteiger partial charge in [-0.3, -0.25) is 9.36 Å². The molecular formula is C16H8F4N2O. The summed E-state index contributed by atoms with van der Waals surface area (Å²) in [4.78, 5) is 15.0. The average molecular weight is 320 g/mol. The second-order valence-electron chi connectivity index (χ2n) is 4.65. The summed E-state index contributed by atoms with van der Waals surface area (Å²) in [5.41, 5.74) is -0.471. The van der Waals surface area contributed by atoms with Crippen molar-refractivity contribution < 1.29 is 22.4 Å². The van der Waals surface area contributed by atoms with Crippen LogP contribution in [0.3, 0.4) is 0 Å². The predicted molar refractivity (Wildman–Crippen MR) is 74.2 cm³/mol. The Bertz CT molecular complexity index is 888. The Morgan fingerprint density at radius 2 is 1.57 bits per heavy atom. The third-order valence-electron chi connectivity index (χ3n) is 3.26. The second-order valence-corrected chi connectivity index (χ2v) is 4.65. The van der Waals surface area contributed by atoms with Gasteiger partial charge in [0, 0.05) is 5.69 Å². The van der Waals surface area contributed by atoms with Crippen molar-refractivity contribution in [3.63, 3.8) is 0 Å². The normalized spacial score (nSPS) is 10.8. The topological polar surface area (TPSA) is 34.9 Å². The Morgan fingerprint density at radius 3 is 2.22 bits per heavy atom. The molecule has 23 heavy (non-hydrogen) atoms. The second kappa shape index (κ2) is 5.68. The standard InChI is InChI=1S/C16H8F4N2O/c17-9-1-3-10(4-2-9)22-11(8-23)7-21-16(22)14-12(18)5-6-13(19)15(14)20/h1-8H. The molecule has 0 spiro atoms. The zero-order valence-electron chi connectivity index (χ0n) is 11.4. The lowest BCUT2D eigenvalue weighted by Crippen LogP contribution is -2.05. The number of rotatable bonds is 3. The van der Waals surface area contributed by atoms with Gasteiger partial charge in [-0.25, -0.2) is 22.5 Å². The quantitative estimate of drug-likeness (QED) is 0.417. The Balaban J connectivity index is 2.31. The van der Waals surface area contributed by atoms with Crippen LogP contribution in [0.25, 0.3) is 17.1 Å². The van der Waals surface area contributed by atoms with Crippen LogP contribution in [0.1, 0.15) is 10.5 Å². The van der Waals surface area contributed by atoms with Crippen LogP contribution >= 0.6 is 0 Å². The summed E-state index contributed by atoms with van der Waals surface area (Å²) in [6, 6.07) is 6.27. The van der Waals surface area contributed by atoms with Crippen molar-refractivity contribution in [3.8, 4) is 17.1 Å². The molecule has 0 aliphatic heterocycles. The van der Waals surface area contributed by atoms with E-state index in [4.69, 9.17) is 0 Å². The number of halogens is 4. The Kier molecular flexibility index (Phi) is 3.69. The number of hydrogen-bond acceptors (Lipinski definition) is 2. The molecule has 0 N–H and O–H groups in total. The van der Waals surface area contributed by atoms with E-state index >= 15 is 0 Å². The number of imidazole rings is 1. The summed E-state index contributed by atoms with van der Waals surface area (Å²) in [6.07, 6.45) is 1.52. The summed E-state index contributed by atoms with van der Waals surface area (Å²) in [6.45, 7) is 0. The summed E-state index contributed by atoms with van der Waals surface area (Å²) in [7, 11) is 0.